The maximum absolute atomic E-state index is 5.13. The lowest BCUT2D eigenvalue weighted by atomic mass is 9.79. The molecule has 1 aliphatic rings. The largest absolute Gasteiger partial charge is 0.380 e. The summed E-state index contributed by atoms with van der Waals surface area (Å²) in [7, 11) is 1.74. The van der Waals surface area contributed by atoms with Crippen molar-refractivity contribution in [2.24, 2.45) is 5.92 Å². The van der Waals surface area contributed by atoms with Gasteiger partial charge in [0.1, 0.15) is 0 Å². The lowest BCUT2D eigenvalue weighted by Gasteiger charge is -2.27. The highest BCUT2D eigenvalue weighted by Gasteiger charge is 2.20. The van der Waals surface area contributed by atoms with Crippen molar-refractivity contribution >= 4 is 0 Å². The number of hydrogen-bond acceptors (Lipinski definition) is 1. The van der Waals surface area contributed by atoms with Crippen LogP contribution in [0, 0.1) is 5.92 Å². The molecule has 0 amide bonds. The Kier molecular flexibility index (Phi) is 4.38. The zero-order chi connectivity index (χ0) is 12.1. The van der Waals surface area contributed by atoms with E-state index in [4.69, 9.17) is 4.74 Å². The third-order valence-electron chi connectivity index (χ3n) is 3.87. The number of hydrogen-bond donors (Lipinski definition) is 0. The molecule has 1 aliphatic carbocycles. The summed E-state index contributed by atoms with van der Waals surface area (Å²) >= 11 is 0. The first kappa shape index (κ1) is 12.4. The predicted molar refractivity (Wildman–Crippen MR) is 72.1 cm³/mol. The summed E-state index contributed by atoms with van der Waals surface area (Å²) in [6, 6.07) is 8.93. The second-order valence-electron chi connectivity index (χ2n) is 5.02. The Morgan fingerprint density at radius 1 is 1.18 bits per heavy atom. The quantitative estimate of drug-likeness (QED) is 0.701. The molecule has 0 aromatic heterocycles. The Morgan fingerprint density at radius 2 is 1.82 bits per heavy atom. The van der Waals surface area contributed by atoms with Crippen molar-refractivity contribution < 1.29 is 4.74 Å². The molecule has 1 aromatic rings. The van der Waals surface area contributed by atoms with Crippen molar-refractivity contribution in [1.29, 1.82) is 0 Å². The Balaban J connectivity index is 1.96. The summed E-state index contributed by atoms with van der Waals surface area (Å²) < 4.78 is 5.13. The van der Waals surface area contributed by atoms with Gasteiger partial charge in [-0.1, -0.05) is 30.3 Å². The van der Waals surface area contributed by atoms with Crippen LogP contribution in [0.15, 0.2) is 36.9 Å². The van der Waals surface area contributed by atoms with Crippen LogP contribution in [0.4, 0.5) is 0 Å². The average Bonchev–Trinajstić information content (AvgIpc) is 2.40. The van der Waals surface area contributed by atoms with Crippen molar-refractivity contribution in [2.45, 2.75) is 38.2 Å². The zero-order valence-electron chi connectivity index (χ0n) is 10.7. The standard InChI is InChI=1S/C16H22O/c1-3-13-4-8-15(9-5-13)16-10-6-14(7-11-16)12-17-2/h3,6-7,10-11,13,15H,1,4-5,8-9,12H2,2H3. The van der Waals surface area contributed by atoms with Crippen molar-refractivity contribution in [3.63, 3.8) is 0 Å². The van der Waals surface area contributed by atoms with Gasteiger partial charge in [0.2, 0.25) is 0 Å². The molecule has 0 unspecified atom stereocenters. The first-order chi connectivity index (χ1) is 8.33. The van der Waals surface area contributed by atoms with Gasteiger partial charge in [-0.3, -0.25) is 0 Å². The maximum Gasteiger partial charge on any atom is 0.0713 e. The van der Waals surface area contributed by atoms with Gasteiger partial charge in [0.15, 0.2) is 0 Å². The fraction of sp³-hybridized carbons (Fsp3) is 0.500. The molecule has 0 saturated heterocycles. The summed E-state index contributed by atoms with van der Waals surface area (Å²) in [4.78, 5) is 0. The molecule has 0 aliphatic heterocycles. The van der Waals surface area contributed by atoms with Crippen molar-refractivity contribution in [3.05, 3.63) is 48.0 Å². The van der Waals surface area contributed by atoms with Crippen LogP contribution in [0.25, 0.3) is 0 Å². The van der Waals surface area contributed by atoms with Gasteiger partial charge in [0, 0.05) is 7.11 Å². The van der Waals surface area contributed by atoms with Crippen molar-refractivity contribution in [3.8, 4) is 0 Å². The summed E-state index contributed by atoms with van der Waals surface area (Å²) in [6.07, 6.45) is 7.33. The summed E-state index contributed by atoms with van der Waals surface area (Å²) in [5.41, 5.74) is 2.75. The summed E-state index contributed by atoms with van der Waals surface area (Å²) in [6.45, 7) is 4.61. The van der Waals surface area contributed by atoms with E-state index in [1.807, 2.05) is 0 Å². The van der Waals surface area contributed by atoms with Gasteiger partial charge in [0.05, 0.1) is 6.61 Å². The highest BCUT2D eigenvalue weighted by molar-refractivity contribution is 5.25. The Labute approximate surface area is 104 Å². The normalized spacial score (nSPS) is 24.5. The van der Waals surface area contributed by atoms with Crippen LogP contribution in [0.5, 0.6) is 0 Å². The third kappa shape index (κ3) is 3.19. The molecule has 0 radical (unpaired) electrons. The van der Waals surface area contributed by atoms with E-state index in [0.717, 1.165) is 11.8 Å². The Hall–Kier alpha value is -1.08. The van der Waals surface area contributed by atoms with Crippen LogP contribution in [0.2, 0.25) is 0 Å². The Bertz CT molecular complexity index is 344. The van der Waals surface area contributed by atoms with Crippen LogP contribution < -0.4 is 0 Å². The highest BCUT2D eigenvalue weighted by atomic mass is 16.5. The first-order valence-electron chi connectivity index (χ1n) is 6.54. The molecule has 0 spiro atoms. The third-order valence-corrected chi connectivity index (χ3v) is 3.87. The van der Waals surface area contributed by atoms with Gasteiger partial charge in [-0.2, -0.15) is 0 Å². The van der Waals surface area contributed by atoms with E-state index in [1.165, 1.54) is 36.8 Å². The van der Waals surface area contributed by atoms with E-state index in [9.17, 15) is 0 Å². The molecule has 17 heavy (non-hydrogen) atoms. The minimum atomic E-state index is 0.712. The van der Waals surface area contributed by atoms with Crippen molar-refractivity contribution in [2.75, 3.05) is 7.11 Å². The van der Waals surface area contributed by atoms with Crippen LogP contribution in [-0.4, -0.2) is 7.11 Å². The van der Waals surface area contributed by atoms with Crippen LogP contribution in [0.1, 0.15) is 42.7 Å². The summed E-state index contributed by atoms with van der Waals surface area (Å²) in [5, 5.41) is 0. The minimum absolute atomic E-state index is 0.712. The number of benzene rings is 1. The summed E-state index contributed by atoms with van der Waals surface area (Å²) in [5.74, 6) is 1.50. The van der Waals surface area contributed by atoms with Crippen LogP contribution in [-0.2, 0) is 11.3 Å². The number of rotatable bonds is 4. The van der Waals surface area contributed by atoms with E-state index in [1.54, 1.807) is 7.11 Å². The fourth-order valence-electron chi connectivity index (χ4n) is 2.74. The minimum Gasteiger partial charge on any atom is -0.380 e. The number of allylic oxidation sites excluding steroid dienone is 1. The average molecular weight is 230 g/mol. The van der Waals surface area contributed by atoms with Gasteiger partial charge < -0.3 is 4.74 Å². The van der Waals surface area contributed by atoms with Gasteiger partial charge in [-0.15, -0.1) is 6.58 Å². The lowest BCUT2D eigenvalue weighted by molar-refractivity contribution is 0.185. The lowest BCUT2D eigenvalue weighted by Crippen LogP contribution is -2.11. The Morgan fingerprint density at radius 3 is 2.35 bits per heavy atom. The second-order valence-corrected chi connectivity index (χ2v) is 5.02. The van der Waals surface area contributed by atoms with Gasteiger partial charge in [0.25, 0.3) is 0 Å². The van der Waals surface area contributed by atoms with E-state index in [2.05, 4.69) is 36.9 Å². The molecule has 1 fully saturated rings. The number of methoxy groups -OCH3 is 1. The molecule has 1 saturated carbocycles. The zero-order valence-corrected chi connectivity index (χ0v) is 10.7. The molecule has 92 valence electrons. The maximum atomic E-state index is 5.13. The molecule has 1 nitrogen and oxygen atoms in total. The molecule has 0 atom stereocenters. The number of ether oxygens (including phenoxy) is 1. The molecule has 2 rings (SSSR count). The van der Waals surface area contributed by atoms with E-state index >= 15 is 0 Å². The van der Waals surface area contributed by atoms with Crippen LogP contribution in [0.3, 0.4) is 0 Å². The smallest absolute Gasteiger partial charge is 0.0713 e. The molecule has 1 heteroatoms. The van der Waals surface area contributed by atoms with Crippen molar-refractivity contribution in [1.82, 2.24) is 0 Å². The fourth-order valence-corrected chi connectivity index (χ4v) is 2.74. The highest BCUT2D eigenvalue weighted by Crippen LogP contribution is 2.36. The van der Waals surface area contributed by atoms with Crippen LogP contribution >= 0.6 is 0 Å². The van der Waals surface area contributed by atoms with E-state index in [-0.39, 0.29) is 0 Å². The first-order valence-corrected chi connectivity index (χ1v) is 6.54. The molecule has 0 bridgehead atoms. The monoisotopic (exact) mass is 230 g/mol. The predicted octanol–water partition coefficient (Wildman–Crippen LogP) is 4.29. The van der Waals surface area contributed by atoms with E-state index < -0.39 is 0 Å². The van der Waals surface area contributed by atoms with E-state index in [0.29, 0.717) is 6.61 Å². The second kappa shape index (κ2) is 6.02. The molecule has 1 aromatic carbocycles. The van der Waals surface area contributed by atoms with Gasteiger partial charge >= 0.3 is 0 Å². The topological polar surface area (TPSA) is 9.23 Å². The SMILES string of the molecule is C=CC1CCC(c2ccc(COC)cc2)CC1. The van der Waals surface area contributed by atoms with Gasteiger partial charge in [-0.05, 0) is 48.6 Å². The molecular weight excluding hydrogens is 208 g/mol. The molecule has 0 N–H and O–H groups in total. The molecular formula is C16H22O. The molecule has 0 heterocycles. The van der Waals surface area contributed by atoms with Gasteiger partial charge in [-0.25, -0.2) is 0 Å².